The first-order valence-corrected chi connectivity index (χ1v) is 6.66. The van der Waals surface area contributed by atoms with E-state index >= 15 is 0 Å². The van der Waals surface area contributed by atoms with E-state index in [2.05, 4.69) is 15.3 Å². The van der Waals surface area contributed by atoms with Gasteiger partial charge >= 0.3 is 0 Å². The zero-order valence-electron chi connectivity index (χ0n) is 11.9. The Kier molecular flexibility index (Phi) is 4.17. The lowest BCUT2D eigenvalue weighted by Gasteiger charge is -2.13. The lowest BCUT2D eigenvalue weighted by molar-refractivity contribution is 0.469. The van der Waals surface area contributed by atoms with Crippen molar-refractivity contribution in [3.63, 3.8) is 0 Å². The molecule has 0 radical (unpaired) electrons. The van der Waals surface area contributed by atoms with E-state index in [1.165, 1.54) is 12.1 Å². The Hall–Kier alpha value is -2.17. The number of phenolic OH excluding ortho intramolecular Hbond substituents is 1. The highest BCUT2D eigenvalue weighted by atomic mass is 19.1. The first-order valence-electron chi connectivity index (χ1n) is 6.66. The Balaban J connectivity index is 2.57. The van der Waals surface area contributed by atoms with Gasteiger partial charge in [0.25, 0.3) is 0 Å². The summed E-state index contributed by atoms with van der Waals surface area (Å²) in [7, 11) is 0. The molecule has 0 aliphatic carbocycles. The molecule has 0 aliphatic rings. The van der Waals surface area contributed by atoms with Crippen LogP contribution in [0.3, 0.4) is 0 Å². The highest BCUT2D eigenvalue weighted by Crippen LogP contribution is 2.26. The highest BCUT2D eigenvalue weighted by Gasteiger charge is 2.12. The predicted molar refractivity (Wildman–Crippen MR) is 77.4 cm³/mol. The van der Waals surface area contributed by atoms with Crippen molar-refractivity contribution in [2.45, 2.75) is 27.2 Å². The molecule has 0 spiro atoms. The van der Waals surface area contributed by atoms with Crippen LogP contribution in [0.5, 0.6) is 5.75 Å². The van der Waals surface area contributed by atoms with Gasteiger partial charge in [0.2, 0.25) is 0 Å². The summed E-state index contributed by atoms with van der Waals surface area (Å²) in [6.07, 6.45) is 0.822. The number of benzene rings is 1. The topological polar surface area (TPSA) is 58.0 Å². The van der Waals surface area contributed by atoms with Crippen molar-refractivity contribution in [1.82, 2.24) is 9.97 Å². The molecule has 0 saturated carbocycles. The van der Waals surface area contributed by atoms with Crippen LogP contribution in [0.25, 0.3) is 11.4 Å². The number of aromatic nitrogens is 2. The fraction of sp³-hybridized carbons (Fsp3) is 0.333. The van der Waals surface area contributed by atoms with E-state index in [1.807, 2.05) is 20.8 Å². The molecule has 1 heterocycles. The molecule has 106 valence electrons. The number of phenols is 1. The number of hydrogen-bond donors (Lipinski definition) is 2. The van der Waals surface area contributed by atoms with Gasteiger partial charge in [0.05, 0.1) is 0 Å². The van der Waals surface area contributed by atoms with Gasteiger partial charge in [-0.1, -0.05) is 6.92 Å². The van der Waals surface area contributed by atoms with Crippen molar-refractivity contribution in [1.29, 1.82) is 0 Å². The molecular formula is C15H18FN3O. The van der Waals surface area contributed by atoms with Gasteiger partial charge in [0.15, 0.2) is 5.82 Å². The Morgan fingerprint density at radius 3 is 2.55 bits per heavy atom. The third-order valence-corrected chi connectivity index (χ3v) is 3.05. The molecule has 0 aliphatic heterocycles. The SMILES string of the molecule is CCNc1nc(-c2cc(O)cc(F)c2)nc(C)c1CC. The average Bonchev–Trinajstić information content (AvgIpc) is 2.37. The number of rotatable bonds is 4. The Morgan fingerprint density at radius 1 is 1.20 bits per heavy atom. The van der Waals surface area contributed by atoms with E-state index in [0.717, 1.165) is 36.1 Å². The number of nitrogens with zero attached hydrogens (tertiary/aromatic N) is 2. The molecule has 4 nitrogen and oxygen atoms in total. The van der Waals surface area contributed by atoms with Crippen LogP contribution in [0.15, 0.2) is 18.2 Å². The maximum absolute atomic E-state index is 13.4. The van der Waals surface area contributed by atoms with E-state index in [9.17, 15) is 9.50 Å². The zero-order chi connectivity index (χ0) is 14.7. The lowest BCUT2D eigenvalue weighted by Crippen LogP contribution is -2.08. The second-order valence-corrected chi connectivity index (χ2v) is 4.54. The molecule has 0 unspecified atom stereocenters. The van der Waals surface area contributed by atoms with E-state index in [-0.39, 0.29) is 5.75 Å². The van der Waals surface area contributed by atoms with Crippen molar-refractivity contribution in [2.75, 3.05) is 11.9 Å². The van der Waals surface area contributed by atoms with E-state index in [4.69, 9.17) is 0 Å². The number of anilines is 1. The van der Waals surface area contributed by atoms with Crippen LogP contribution in [-0.2, 0) is 6.42 Å². The standard InChI is InChI=1S/C15H18FN3O/c1-4-13-9(3)18-14(19-15(13)17-5-2)10-6-11(16)8-12(20)7-10/h6-8,20H,4-5H2,1-3H3,(H,17,18,19). The predicted octanol–water partition coefficient (Wildman–Crippen LogP) is 3.29. The number of halogens is 1. The van der Waals surface area contributed by atoms with Crippen LogP contribution in [-0.4, -0.2) is 21.6 Å². The molecule has 1 aromatic carbocycles. The molecule has 5 heteroatoms. The number of aryl methyl sites for hydroxylation is 1. The number of nitrogens with one attached hydrogen (secondary N) is 1. The minimum absolute atomic E-state index is 0.133. The molecule has 1 aromatic heterocycles. The third kappa shape index (κ3) is 2.87. The number of hydrogen-bond acceptors (Lipinski definition) is 4. The van der Waals surface area contributed by atoms with Crippen LogP contribution >= 0.6 is 0 Å². The molecule has 2 rings (SSSR count). The molecule has 0 bridgehead atoms. The van der Waals surface area contributed by atoms with Crippen molar-refractivity contribution in [3.05, 3.63) is 35.3 Å². The van der Waals surface area contributed by atoms with Crippen LogP contribution in [0.4, 0.5) is 10.2 Å². The van der Waals surface area contributed by atoms with Crippen LogP contribution < -0.4 is 5.32 Å². The Morgan fingerprint density at radius 2 is 1.95 bits per heavy atom. The summed E-state index contributed by atoms with van der Waals surface area (Å²) in [5.74, 6) is 0.531. The second-order valence-electron chi connectivity index (χ2n) is 4.54. The maximum atomic E-state index is 13.4. The van der Waals surface area contributed by atoms with Gasteiger partial charge in [-0.05, 0) is 32.4 Å². The second kappa shape index (κ2) is 5.86. The fourth-order valence-electron chi connectivity index (χ4n) is 2.17. The summed E-state index contributed by atoms with van der Waals surface area (Å²) in [6, 6.07) is 3.83. The molecule has 20 heavy (non-hydrogen) atoms. The molecular weight excluding hydrogens is 257 g/mol. The summed E-state index contributed by atoms with van der Waals surface area (Å²) in [5, 5.41) is 12.7. The van der Waals surface area contributed by atoms with E-state index in [1.54, 1.807) is 0 Å². The van der Waals surface area contributed by atoms with E-state index in [0.29, 0.717) is 11.4 Å². The first kappa shape index (κ1) is 14.2. The van der Waals surface area contributed by atoms with Crippen molar-refractivity contribution >= 4 is 5.82 Å². The van der Waals surface area contributed by atoms with Crippen molar-refractivity contribution in [3.8, 4) is 17.1 Å². The lowest BCUT2D eigenvalue weighted by atomic mass is 10.1. The van der Waals surface area contributed by atoms with Crippen molar-refractivity contribution in [2.24, 2.45) is 0 Å². The zero-order valence-corrected chi connectivity index (χ0v) is 11.9. The molecule has 2 aromatic rings. The van der Waals surface area contributed by atoms with Gasteiger partial charge in [-0.3, -0.25) is 0 Å². The molecule has 0 fully saturated rings. The smallest absolute Gasteiger partial charge is 0.162 e. The van der Waals surface area contributed by atoms with Crippen LogP contribution in [0, 0.1) is 12.7 Å². The van der Waals surface area contributed by atoms with Gasteiger partial charge in [-0.25, -0.2) is 14.4 Å². The molecule has 0 amide bonds. The summed E-state index contributed by atoms with van der Waals surface area (Å²) < 4.78 is 13.4. The maximum Gasteiger partial charge on any atom is 0.162 e. The third-order valence-electron chi connectivity index (χ3n) is 3.05. The molecule has 2 N–H and O–H groups in total. The average molecular weight is 275 g/mol. The van der Waals surface area contributed by atoms with Gasteiger partial charge < -0.3 is 10.4 Å². The van der Waals surface area contributed by atoms with E-state index < -0.39 is 5.82 Å². The van der Waals surface area contributed by atoms with Gasteiger partial charge in [0, 0.05) is 29.4 Å². The number of aromatic hydroxyl groups is 1. The summed E-state index contributed by atoms with van der Waals surface area (Å²) >= 11 is 0. The normalized spacial score (nSPS) is 10.6. The minimum Gasteiger partial charge on any atom is -0.508 e. The van der Waals surface area contributed by atoms with Crippen molar-refractivity contribution < 1.29 is 9.50 Å². The van der Waals surface area contributed by atoms with Gasteiger partial charge in [0.1, 0.15) is 17.4 Å². The van der Waals surface area contributed by atoms with Crippen LogP contribution in [0.2, 0.25) is 0 Å². The monoisotopic (exact) mass is 275 g/mol. The van der Waals surface area contributed by atoms with Gasteiger partial charge in [-0.2, -0.15) is 0 Å². The highest BCUT2D eigenvalue weighted by molar-refractivity contribution is 5.61. The summed E-state index contributed by atoms with van der Waals surface area (Å²) in [6.45, 7) is 6.69. The van der Waals surface area contributed by atoms with Gasteiger partial charge in [-0.15, -0.1) is 0 Å². The minimum atomic E-state index is -0.508. The Bertz CT molecular complexity index is 609. The molecule has 0 atom stereocenters. The first-order chi connectivity index (χ1) is 9.55. The summed E-state index contributed by atoms with van der Waals surface area (Å²) in [4.78, 5) is 8.86. The Labute approximate surface area is 117 Å². The molecule has 0 saturated heterocycles. The van der Waals surface area contributed by atoms with Crippen LogP contribution in [0.1, 0.15) is 25.1 Å². The quantitative estimate of drug-likeness (QED) is 0.899. The fourth-order valence-corrected chi connectivity index (χ4v) is 2.17. The summed E-state index contributed by atoms with van der Waals surface area (Å²) in [5.41, 5.74) is 2.38. The largest absolute Gasteiger partial charge is 0.508 e.